The molecule has 0 atom stereocenters. The molecule has 0 unspecified atom stereocenters. The largest absolute Gasteiger partial charge is 0.372 e. The van der Waals surface area contributed by atoms with Gasteiger partial charge in [-0.3, -0.25) is 9.59 Å². The van der Waals surface area contributed by atoms with E-state index < -0.39 is 0 Å². The molecule has 0 aliphatic carbocycles. The molecule has 5 heteroatoms. The van der Waals surface area contributed by atoms with E-state index in [1.165, 1.54) is 6.92 Å². The van der Waals surface area contributed by atoms with Crippen molar-refractivity contribution < 1.29 is 9.59 Å². The summed E-state index contributed by atoms with van der Waals surface area (Å²) in [6, 6.07) is 12.1. The van der Waals surface area contributed by atoms with Crippen molar-refractivity contribution in [1.82, 2.24) is 0 Å². The van der Waals surface area contributed by atoms with E-state index in [4.69, 9.17) is 0 Å². The number of rotatable bonds is 8. The highest BCUT2D eigenvalue weighted by molar-refractivity contribution is 5.95. The van der Waals surface area contributed by atoms with E-state index in [0.29, 0.717) is 6.54 Å². The molecule has 0 saturated carbocycles. The molecule has 0 radical (unpaired) electrons. The Labute approximate surface area is 174 Å². The topological polar surface area (TPSA) is 52.7 Å². The fourth-order valence-corrected chi connectivity index (χ4v) is 3.46. The molecule has 0 bridgehead atoms. The molecule has 2 amide bonds. The quantitative estimate of drug-likeness (QED) is 0.696. The van der Waals surface area contributed by atoms with Gasteiger partial charge in [-0.15, -0.1) is 0 Å². The number of anilines is 3. The lowest BCUT2D eigenvalue weighted by atomic mass is 10.1. The summed E-state index contributed by atoms with van der Waals surface area (Å²) in [6.45, 7) is 14.0. The molecule has 156 valence electrons. The Morgan fingerprint density at radius 2 is 1.62 bits per heavy atom. The molecule has 0 spiro atoms. The maximum absolute atomic E-state index is 12.5. The predicted molar refractivity (Wildman–Crippen MR) is 122 cm³/mol. The van der Waals surface area contributed by atoms with Gasteiger partial charge in [0.25, 0.3) is 0 Å². The molecule has 0 aliphatic rings. The average Bonchev–Trinajstić information content (AvgIpc) is 2.67. The van der Waals surface area contributed by atoms with Crippen molar-refractivity contribution >= 4 is 28.9 Å². The number of carbonyl (C=O) groups excluding carboxylic acids is 2. The second kappa shape index (κ2) is 10.1. The molecule has 29 heavy (non-hydrogen) atoms. The maximum atomic E-state index is 12.5. The summed E-state index contributed by atoms with van der Waals surface area (Å²) in [6.07, 6.45) is 0.240. The van der Waals surface area contributed by atoms with Gasteiger partial charge in [-0.2, -0.15) is 0 Å². The molecular weight excluding hydrogens is 362 g/mol. The van der Waals surface area contributed by atoms with Crippen molar-refractivity contribution in [2.24, 2.45) is 0 Å². The van der Waals surface area contributed by atoms with Crippen molar-refractivity contribution in [1.29, 1.82) is 0 Å². The van der Waals surface area contributed by atoms with Crippen LogP contribution in [0, 0.1) is 20.8 Å². The summed E-state index contributed by atoms with van der Waals surface area (Å²) >= 11 is 0. The van der Waals surface area contributed by atoms with E-state index in [9.17, 15) is 9.59 Å². The Kier molecular flexibility index (Phi) is 7.82. The lowest BCUT2D eigenvalue weighted by molar-refractivity contribution is -0.117. The fourth-order valence-electron chi connectivity index (χ4n) is 3.46. The fraction of sp³-hybridized carbons (Fsp3) is 0.417. The zero-order valence-electron chi connectivity index (χ0n) is 18.5. The zero-order chi connectivity index (χ0) is 21.6. The van der Waals surface area contributed by atoms with Gasteiger partial charge in [0.15, 0.2) is 0 Å². The molecule has 0 aromatic heterocycles. The van der Waals surface area contributed by atoms with Crippen molar-refractivity contribution in [2.45, 2.75) is 48.0 Å². The Balaban J connectivity index is 2.06. The minimum absolute atomic E-state index is 0.0637. The molecular formula is C24H33N3O2. The minimum atomic E-state index is -0.0970. The normalized spacial score (nSPS) is 10.6. The maximum Gasteiger partial charge on any atom is 0.226 e. The van der Waals surface area contributed by atoms with Crippen LogP contribution >= 0.6 is 0 Å². The van der Waals surface area contributed by atoms with E-state index in [0.717, 1.165) is 46.8 Å². The van der Waals surface area contributed by atoms with E-state index in [-0.39, 0.29) is 18.2 Å². The highest BCUT2D eigenvalue weighted by Gasteiger charge is 2.16. The van der Waals surface area contributed by atoms with E-state index in [1.54, 1.807) is 4.90 Å². The van der Waals surface area contributed by atoms with Crippen molar-refractivity contribution in [3.63, 3.8) is 0 Å². The van der Waals surface area contributed by atoms with Crippen LogP contribution in [0.4, 0.5) is 17.1 Å². The molecule has 2 aromatic carbocycles. The summed E-state index contributed by atoms with van der Waals surface area (Å²) in [5.41, 5.74) is 5.97. The van der Waals surface area contributed by atoms with Crippen LogP contribution in [-0.4, -0.2) is 31.4 Å². The average molecular weight is 396 g/mol. The first kappa shape index (κ1) is 22.5. The van der Waals surface area contributed by atoms with Crippen LogP contribution in [0.1, 0.15) is 43.9 Å². The lowest BCUT2D eigenvalue weighted by Gasteiger charge is -2.24. The van der Waals surface area contributed by atoms with Crippen molar-refractivity contribution in [3.05, 3.63) is 53.1 Å². The number of amides is 2. The number of benzene rings is 2. The van der Waals surface area contributed by atoms with Gasteiger partial charge in [-0.05, 0) is 75.6 Å². The predicted octanol–water partition coefficient (Wildman–Crippen LogP) is 4.84. The van der Waals surface area contributed by atoms with E-state index in [1.807, 2.05) is 51.1 Å². The van der Waals surface area contributed by atoms with Gasteiger partial charge >= 0.3 is 0 Å². The van der Waals surface area contributed by atoms with Crippen LogP contribution < -0.4 is 15.1 Å². The summed E-state index contributed by atoms with van der Waals surface area (Å²) in [4.78, 5) is 28.7. The van der Waals surface area contributed by atoms with Gasteiger partial charge in [0.2, 0.25) is 11.8 Å². The highest BCUT2D eigenvalue weighted by atomic mass is 16.2. The van der Waals surface area contributed by atoms with Crippen molar-refractivity contribution in [2.75, 3.05) is 34.8 Å². The standard InChI is InChI=1S/C24H33N3O2/c1-7-26(8-2)21-11-12-22(19(5)16-21)25-24(29)13-14-27(20(6)28)23-15-17(3)9-10-18(23)4/h9-12,15-16H,7-8,13-14H2,1-6H3,(H,25,29). The first-order chi connectivity index (χ1) is 13.8. The zero-order valence-corrected chi connectivity index (χ0v) is 18.5. The number of aryl methyl sites for hydroxylation is 3. The Morgan fingerprint density at radius 1 is 0.931 bits per heavy atom. The molecule has 0 heterocycles. The molecule has 0 aliphatic heterocycles. The highest BCUT2D eigenvalue weighted by Crippen LogP contribution is 2.24. The summed E-state index contributed by atoms with van der Waals surface area (Å²) in [5, 5.41) is 2.99. The summed E-state index contributed by atoms with van der Waals surface area (Å²) in [5.74, 6) is -0.161. The SMILES string of the molecule is CCN(CC)c1ccc(NC(=O)CCN(C(C)=O)c2cc(C)ccc2C)c(C)c1. The van der Waals surface area contributed by atoms with Gasteiger partial charge in [-0.1, -0.05) is 12.1 Å². The number of carbonyl (C=O) groups is 2. The van der Waals surface area contributed by atoms with Crippen LogP contribution in [0.5, 0.6) is 0 Å². The molecule has 0 fully saturated rings. The molecule has 5 nitrogen and oxygen atoms in total. The van der Waals surface area contributed by atoms with Gasteiger partial charge in [0.05, 0.1) is 0 Å². The van der Waals surface area contributed by atoms with Gasteiger partial charge in [0.1, 0.15) is 0 Å². The Hall–Kier alpha value is -2.82. The lowest BCUT2D eigenvalue weighted by Crippen LogP contribution is -2.32. The van der Waals surface area contributed by atoms with Crippen LogP contribution in [0.2, 0.25) is 0 Å². The smallest absolute Gasteiger partial charge is 0.226 e. The van der Waals surface area contributed by atoms with Crippen LogP contribution in [0.3, 0.4) is 0 Å². The second-order valence-electron chi connectivity index (χ2n) is 7.43. The summed E-state index contributed by atoms with van der Waals surface area (Å²) in [7, 11) is 0. The summed E-state index contributed by atoms with van der Waals surface area (Å²) < 4.78 is 0. The minimum Gasteiger partial charge on any atom is -0.372 e. The van der Waals surface area contributed by atoms with E-state index >= 15 is 0 Å². The van der Waals surface area contributed by atoms with Crippen LogP contribution in [-0.2, 0) is 9.59 Å². The van der Waals surface area contributed by atoms with E-state index in [2.05, 4.69) is 30.1 Å². The Morgan fingerprint density at radius 3 is 2.21 bits per heavy atom. The third kappa shape index (κ3) is 5.83. The number of hydrogen-bond acceptors (Lipinski definition) is 3. The third-order valence-electron chi connectivity index (χ3n) is 5.21. The molecule has 0 saturated heterocycles. The first-order valence-electron chi connectivity index (χ1n) is 10.3. The van der Waals surface area contributed by atoms with Crippen LogP contribution in [0.15, 0.2) is 36.4 Å². The molecule has 2 aromatic rings. The van der Waals surface area contributed by atoms with Gasteiger partial charge in [0, 0.05) is 50.0 Å². The second-order valence-corrected chi connectivity index (χ2v) is 7.43. The van der Waals surface area contributed by atoms with Crippen LogP contribution in [0.25, 0.3) is 0 Å². The van der Waals surface area contributed by atoms with Gasteiger partial charge in [-0.25, -0.2) is 0 Å². The first-order valence-corrected chi connectivity index (χ1v) is 10.3. The molecule has 1 N–H and O–H groups in total. The third-order valence-corrected chi connectivity index (χ3v) is 5.21. The van der Waals surface area contributed by atoms with Gasteiger partial charge < -0.3 is 15.1 Å². The Bertz CT molecular complexity index is 872. The number of nitrogens with zero attached hydrogens (tertiary/aromatic N) is 2. The number of nitrogens with one attached hydrogen (secondary N) is 1. The number of hydrogen-bond donors (Lipinski definition) is 1. The van der Waals surface area contributed by atoms with Crippen molar-refractivity contribution in [3.8, 4) is 0 Å². The monoisotopic (exact) mass is 395 g/mol. The molecule has 2 rings (SSSR count).